The largest absolute Gasteiger partial charge is 0.354 e. The third kappa shape index (κ3) is 5.35. The van der Waals surface area contributed by atoms with Gasteiger partial charge in [-0.05, 0) is 34.9 Å². The minimum Gasteiger partial charge on any atom is -0.354 e. The van der Waals surface area contributed by atoms with E-state index in [1.165, 1.54) is 16.0 Å². The summed E-state index contributed by atoms with van der Waals surface area (Å²) >= 11 is 3.61. The third-order valence-electron chi connectivity index (χ3n) is 4.75. The number of carbonyl (C=O) groups excluding carboxylic acids is 1. The number of amides is 1. The molecule has 0 spiro atoms. The van der Waals surface area contributed by atoms with E-state index >= 15 is 0 Å². The molecule has 0 aliphatic carbocycles. The lowest BCUT2D eigenvalue weighted by Gasteiger charge is -2.27. The Morgan fingerprint density at radius 2 is 2.08 bits per heavy atom. The molecule has 26 heavy (non-hydrogen) atoms. The van der Waals surface area contributed by atoms with Crippen LogP contribution in [0.25, 0.3) is 0 Å². The highest BCUT2D eigenvalue weighted by molar-refractivity contribution is 7.99. The number of nitrogens with zero attached hydrogens (tertiary/aromatic N) is 1. The van der Waals surface area contributed by atoms with Gasteiger partial charge in [-0.15, -0.1) is 23.1 Å². The molecular formula is C21H28N2OS2. The van der Waals surface area contributed by atoms with Gasteiger partial charge in [0.1, 0.15) is 0 Å². The Hall–Kier alpha value is -1.30. The second kappa shape index (κ2) is 9.58. The van der Waals surface area contributed by atoms with Crippen LogP contribution in [0.4, 0.5) is 0 Å². The standard InChI is InChI=1S/C21H28N2OS2/c1-16(2)20(26-15-17-6-4-3-5-7-17)21(24)22-10-12-23-11-8-19-18(14-23)9-13-25-19/h3-7,9,13,16,20H,8,10-12,14-15H2,1-2H3,(H,22,24). The summed E-state index contributed by atoms with van der Waals surface area (Å²) in [4.78, 5) is 16.6. The summed E-state index contributed by atoms with van der Waals surface area (Å²) in [5.74, 6) is 1.38. The van der Waals surface area contributed by atoms with Crippen LogP contribution in [0.1, 0.15) is 29.9 Å². The molecule has 5 heteroatoms. The Morgan fingerprint density at radius 3 is 2.85 bits per heavy atom. The van der Waals surface area contributed by atoms with Crippen molar-refractivity contribution in [3.63, 3.8) is 0 Å². The van der Waals surface area contributed by atoms with Crippen LogP contribution < -0.4 is 5.32 Å². The van der Waals surface area contributed by atoms with E-state index in [9.17, 15) is 4.79 Å². The summed E-state index contributed by atoms with van der Waals surface area (Å²) in [6.07, 6.45) is 1.14. The van der Waals surface area contributed by atoms with Crippen molar-refractivity contribution >= 4 is 29.0 Å². The average molecular weight is 389 g/mol. The van der Waals surface area contributed by atoms with Crippen molar-refractivity contribution in [3.05, 3.63) is 57.8 Å². The average Bonchev–Trinajstić information content (AvgIpc) is 3.10. The van der Waals surface area contributed by atoms with E-state index in [-0.39, 0.29) is 11.2 Å². The molecule has 1 aliphatic rings. The second-order valence-electron chi connectivity index (χ2n) is 7.15. The molecule has 0 fully saturated rings. The molecule has 1 aromatic carbocycles. The van der Waals surface area contributed by atoms with Crippen LogP contribution in [-0.4, -0.2) is 35.7 Å². The lowest BCUT2D eigenvalue weighted by Crippen LogP contribution is -2.41. The predicted molar refractivity (Wildman–Crippen MR) is 113 cm³/mol. The van der Waals surface area contributed by atoms with Crippen molar-refractivity contribution in [3.8, 4) is 0 Å². The lowest BCUT2D eigenvalue weighted by molar-refractivity contribution is -0.121. The summed E-state index contributed by atoms with van der Waals surface area (Å²) in [6.45, 7) is 8.03. The number of benzene rings is 1. The normalized spacial score (nSPS) is 15.7. The number of hydrogen-bond acceptors (Lipinski definition) is 4. The van der Waals surface area contributed by atoms with E-state index in [2.05, 4.69) is 59.8 Å². The first-order chi connectivity index (χ1) is 12.6. The molecule has 1 unspecified atom stereocenters. The lowest BCUT2D eigenvalue weighted by atomic mass is 10.1. The third-order valence-corrected chi connectivity index (χ3v) is 7.39. The first kappa shape index (κ1) is 19.5. The van der Waals surface area contributed by atoms with Crippen LogP contribution in [0.5, 0.6) is 0 Å². The molecule has 0 saturated heterocycles. The summed E-state index contributed by atoms with van der Waals surface area (Å²) in [5, 5.41) is 5.35. The van der Waals surface area contributed by atoms with Gasteiger partial charge in [-0.2, -0.15) is 0 Å². The van der Waals surface area contributed by atoms with Gasteiger partial charge >= 0.3 is 0 Å². The highest BCUT2D eigenvalue weighted by Crippen LogP contribution is 2.25. The maximum Gasteiger partial charge on any atom is 0.233 e. The van der Waals surface area contributed by atoms with Gasteiger partial charge in [-0.1, -0.05) is 44.2 Å². The number of thioether (sulfide) groups is 1. The van der Waals surface area contributed by atoms with Crippen LogP contribution in [0.2, 0.25) is 0 Å². The number of rotatable bonds is 8. The van der Waals surface area contributed by atoms with E-state index in [1.54, 1.807) is 11.8 Å². The van der Waals surface area contributed by atoms with Gasteiger partial charge in [-0.25, -0.2) is 0 Å². The molecule has 1 amide bonds. The van der Waals surface area contributed by atoms with Crippen LogP contribution in [0, 0.1) is 5.92 Å². The molecule has 0 saturated carbocycles. The van der Waals surface area contributed by atoms with Gasteiger partial charge in [0.05, 0.1) is 5.25 Å². The Labute approximate surface area is 165 Å². The first-order valence-corrected chi connectivity index (χ1v) is 11.3. The first-order valence-electron chi connectivity index (χ1n) is 9.34. The van der Waals surface area contributed by atoms with Gasteiger partial charge in [0, 0.05) is 36.8 Å². The molecule has 1 N–H and O–H groups in total. The minimum atomic E-state index is 0.0000355. The van der Waals surface area contributed by atoms with Crippen molar-refractivity contribution in [1.29, 1.82) is 0 Å². The number of carbonyl (C=O) groups is 1. The highest BCUT2D eigenvalue weighted by Gasteiger charge is 2.23. The van der Waals surface area contributed by atoms with E-state index < -0.39 is 0 Å². The van der Waals surface area contributed by atoms with Crippen molar-refractivity contribution in [1.82, 2.24) is 10.2 Å². The molecule has 3 rings (SSSR count). The van der Waals surface area contributed by atoms with E-state index in [4.69, 9.17) is 0 Å². The van der Waals surface area contributed by atoms with Gasteiger partial charge in [0.25, 0.3) is 0 Å². The van der Waals surface area contributed by atoms with Crippen molar-refractivity contribution in [2.45, 2.75) is 37.8 Å². The van der Waals surface area contributed by atoms with Crippen molar-refractivity contribution in [2.75, 3.05) is 19.6 Å². The zero-order chi connectivity index (χ0) is 18.4. The van der Waals surface area contributed by atoms with Crippen LogP contribution in [0.3, 0.4) is 0 Å². The molecular weight excluding hydrogens is 360 g/mol. The van der Waals surface area contributed by atoms with Gasteiger partial charge in [0.15, 0.2) is 0 Å². The summed E-state index contributed by atoms with van der Waals surface area (Å²) < 4.78 is 0. The molecule has 140 valence electrons. The predicted octanol–water partition coefficient (Wildman–Crippen LogP) is 4.18. The molecule has 3 nitrogen and oxygen atoms in total. The molecule has 0 bridgehead atoms. The second-order valence-corrected chi connectivity index (χ2v) is 9.28. The summed E-state index contributed by atoms with van der Waals surface area (Å²) in [6, 6.07) is 12.6. The fourth-order valence-corrected chi connectivity index (χ4v) is 5.34. The minimum absolute atomic E-state index is 0.0000355. The highest BCUT2D eigenvalue weighted by atomic mass is 32.2. The number of thiophene rings is 1. The van der Waals surface area contributed by atoms with E-state index in [0.717, 1.165) is 38.4 Å². The zero-order valence-corrected chi connectivity index (χ0v) is 17.2. The molecule has 1 aliphatic heterocycles. The maximum atomic E-state index is 12.7. The smallest absolute Gasteiger partial charge is 0.233 e. The monoisotopic (exact) mass is 388 g/mol. The quantitative estimate of drug-likeness (QED) is 0.736. The molecule has 1 aromatic heterocycles. The topological polar surface area (TPSA) is 32.3 Å². The fraction of sp³-hybridized carbons (Fsp3) is 0.476. The Morgan fingerprint density at radius 1 is 1.27 bits per heavy atom. The Balaban J connectivity index is 1.43. The Bertz CT molecular complexity index is 699. The molecule has 2 aromatic rings. The van der Waals surface area contributed by atoms with Gasteiger partial charge in [0.2, 0.25) is 5.91 Å². The molecule has 0 radical (unpaired) electrons. The Kier molecular flexibility index (Phi) is 7.17. The summed E-state index contributed by atoms with van der Waals surface area (Å²) in [5.41, 5.74) is 2.74. The van der Waals surface area contributed by atoms with Gasteiger partial charge in [-0.3, -0.25) is 9.69 Å². The number of hydrogen-bond donors (Lipinski definition) is 1. The molecule has 1 atom stereocenters. The maximum absolute atomic E-state index is 12.7. The number of fused-ring (bicyclic) bond motifs is 1. The van der Waals surface area contributed by atoms with Gasteiger partial charge < -0.3 is 5.32 Å². The molecule has 2 heterocycles. The zero-order valence-electron chi connectivity index (χ0n) is 15.6. The SMILES string of the molecule is CC(C)C(SCc1ccccc1)C(=O)NCCN1CCc2sccc2C1. The van der Waals surface area contributed by atoms with Crippen molar-refractivity contribution < 1.29 is 4.79 Å². The van der Waals surface area contributed by atoms with Crippen molar-refractivity contribution in [2.24, 2.45) is 5.92 Å². The van der Waals surface area contributed by atoms with E-state index in [0.29, 0.717) is 5.92 Å². The summed E-state index contributed by atoms with van der Waals surface area (Å²) in [7, 11) is 0. The van der Waals surface area contributed by atoms with E-state index in [1.807, 2.05) is 17.4 Å². The van der Waals surface area contributed by atoms with Crippen LogP contribution >= 0.6 is 23.1 Å². The number of nitrogens with one attached hydrogen (secondary N) is 1. The van der Waals surface area contributed by atoms with Crippen LogP contribution in [0.15, 0.2) is 41.8 Å². The van der Waals surface area contributed by atoms with Crippen LogP contribution in [-0.2, 0) is 23.5 Å². The fourth-order valence-electron chi connectivity index (χ4n) is 3.27.